The normalized spacial score (nSPS) is 10.4. The summed E-state index contributed by atoms with van der Waals surface area (Å²) in [5, 5.41) is 8.84. The van der Waals surface area contributed by atoms with Crippen molar-refractivity contribution in [1.82, 2.24) is 4.90 Å². The number of rotatable bonds is 5. The number of nitrogens with zero attached hydrogens (tertiary/aromatic N) is 1. The Labute approximate surface area is 128 Å². The first-order valence-electron chi connectivity index (χ1n) is 7.43. The topological polar surface area (TPSA) is 40.5 Å². The van der Waals surface area contributed by atoms with Crippen LogP contribution in [0.1, 0.15) is 43.6 Å². The Morgan fingerprint density at radius 1 is 1.14 bits per heavy atom. The average Bonchev–Trinajstić information content (AvgIpc) is 2.43. The van der Waals surface area contributed by atoms with Crippen LogP contribution >= 0.6 is 0 Å². The van der Waals surface area contributed by atoms with E-state index in [0.717, 1.165) is 13.1 Å². The highest BCUT2D eigenvalue weighted by atomic mass is 16.2. The third-order valence-corrected chi connectivity index (χ3v) is 2.92. The summed E-state index contributed by atoms with van der Waals surface area (Å²) < 4.78 is 0. The largest absolute Gasteiger partial charge is 0.384 e. The zero-order chi connectivity index (χ0) is 15.8. The molecule has 0 bridgehead atoms. The fraction of sp³-hybridized carbons (Fsp3) is 0.500. The van der Waals surface area contributed by atoms with Gasteiger partial charge in [0.1, 0.15) is 6.61 Å². The van der Waals surface area contributed by atoms with Crippen molar-refractivity contribution >= 4 is 5.91 Å². The van der Waals surface area contributed by atoms with E-state index in [4.69, 9.17) is 5.11 Å². The highest BCUT2D eigenvalue weighted by molar-refractivity contribution is 5.96. The number of hydrogen-bond acceptors (Lipinski definition) is 2. The van der Waals surface area contributed by atoms with Crippen molar-refractivity contribution in [3.63, 3.8) is 0 Å². The van der Waals surface area contributed by atoms with E-state index in [1.54, 1.807) is 6.07 Å². The lowest BCUT2D eigenvalue weighted by atomic mass is 10.0. The predicted molar refractivity (Wildman–Crippen MR) is 86.0 cm³/mol. The summed E-state index contributed by atoms with van der Waals surface area (Å²) in [5.41, 5.74) is 1.29. The molecule has 1 rings (SSSR count). The Kier molecular flexibility index (Phi) is 6.98. The van der Waals surface area contributed by atoms with Crippen LogP contribution in [0.25, 0.3) is 0 Å². The Balaban J connectivity index is 3.08. The molecule has 3 nitrogen and oxygen atoms in total. The molecule has 1 N–H and O–H groups in total. The van der Waals surface area contributed by atoms with Gasteiger partial charge in [-0.1, -0.05) is 51.7 Å². The number of carbonyl (C=O) groups excluding carboxylic acids is 1. The first-order valence-corrected chi connectivity index (χ1v) is 7.43. The Morgan fingerprint density at radius 3 is 2.24 bits per heavy atom. The highest BCUT2D eigenvalue weighted by Gasteiger charge is 2.19. The Morgan fingerprint density at radius 2 is 1.71 bits per heavy atom. The van der Waals surface area contributed by atoms with E-state index in [0.29, 0.717) is 23.0 Å². The Hall–Kier alpha value is -1.79. The number of amides is 1. The quantitative estimate of drug-likeness (QED) is 0.846. The molecule has 0 aliphatic heterocycles. The van der Waals surface area contributed by atoms with Crippen molar-refractivity contribution in [2.75, 3.05) is 19.7 Å². The molecular formula is C18H25NO2. The SMILES string of the molecule is CC(C)CN(CC(C)C)C(=O)c1ccccc1C#CCO. The van der Waals surface area contributed by atoms with E-state index in [2.05, 4.69) is 39.5 Å². The van der Waals surface area contributed by atoms with Gasteiger partial charge in [-0.2, -0.15) is 0 Å². The maximum absolute atomic E-state index is 12.8. The van der Waals surface area contributed by atoms with Gasteiger partial charge >= 0.3 is 0 Å². The molecule has 1 amide bonds. The van der Waals surface area contributed by atoms with Crippen LogP contribution in [0.3, 0.4) is 0 Å². The van der Waals surface area contributed by atoms with E-state index in [1.807, 2.05) is 23.1 Å². The highest BCUT2D eigenvalue weighted by Crippen LogP contribution is 2.14. The van der Waals surface area contributed by atoms with E-state index < -0.39 is 0 Å². The standard InChI is InChI=1S/C18H25NO2/c1-14(2)12-19(13-15(3)4)18(21)17-10-6-5-8-16(17)9-7-11-20/h5-6,8,10,14-15,20H,11-13H2,1-4H3. The summed E-state index contributed by atoms with van der Waals surface area (Å²) in [6, 6.07) is 7.32. The van der Waals surface area contributed by atoms with Gasteiger partial charge in [0.25, 0.3) is 5.91 Å². The lowest BCUT2D eigenvalue weighted by Gasteiger charge is -2.27. The summed E-state index contributed by atoms with van der Waals surface area (Å²) in [7, 11) is 0. The molecule has 0 fully saturated rings. The van der Waals surface area contributed by atoms with E-state index in [-0.39, 0.29) is 12.5 Å². The molecule has 0 saturated heterocycles. The van der Waals surface area contributed by atoms with Gasteiger partial charge in [0.2, 0.25) is 0 Å². The lowest BCUT2D eigenvalue weighted by molar-refractivity contribution is 0.0715. The van der Waals surface area contributed by atoms with Crippen LogP contribution in [0.5, 0.6) is 0 Å². The van der Waals surface area contributed by atoms with Crippen LogP contribution < -0.4 is 0 Å². The van der Waals surface area contributed by atoms with Crippen LogP contribution in [0.4, 0.5) is 0 Å². The minimum Gasteiger partial charge on any atom is -0.384 e. The second-order valence-electron chi connectivity index (χ2n) is 6.00. The van der Waals surface area contributed by atoms with Crippen LogP contribution in [-0.4, -0.2) is 35.6 Å². The second-order valence-corrected chi connectivity index (χ2v) is 6.00. The molecule has 21 heavy (non-hydrogen) atoms. The summed E-state index contributed by atoms with van der Waals surface area (Å²) in [6.07, 6.45) is 0. The molecule has 3 heteroatoms. The molecule has 0 aliphatic carbocycles. The molecule has 114 valence electrons. The van der Waals surface area contributed by atoms with Gasteiger partial charge in [0, 0.05) is 18.7 Å². The predicted octanol–water partition coefficient (Wildman–Crippen LogP) is 2.78. The zero-order valence-corrected chi connectivity index (χ0v) is 13.4. The molecule has 0 aliphatic rings. The lowest BCUT2D eigenvalue weighted by Crippen LogP contribution is -2.37. The molecule has 0 unspecified atom stereocenters. The molecule has 0 aromatic heterocycles. The fourth-order valence-electron chi connectivity index (χ4n) is 2.21. The number of benzene rings is 1. The van der Waals surface area contributed by atoms with Gasteiger partial charge < -0.3 is 10.0 Å². The second kappa shape index (κ2) is 8.49. The molecule has 0 saturated carbocycles. The van der Waals surface area contributed by atoms with Gasteiger partial charge in [-0.3, -0.25) is 4.79 Å². The molecule has 0 radical (unpaired) electrons. The van der Waals surface area contributed by atoms with E-state index in [9.17, 15) is 4.79 Å². The van der Waals surface area contributed by atoms with Gasteiger partial charge in [0.05, 0.1) is 5.56 Å². The van der Waals surface area contributed by atoms with Crippen molar-refractivity contribution in [2.24, 2.45) is 11.8 Å². The maximum atomic E-state index is 12.8. The molecular weight excluding hydrogens is 262 g/mol. The monoisotopic (exact) mass is 287 g/mol. The smallest absolute Gasteiger partial charge is 0.255 e. The third kappa shape index (κ3) is 5.61. The summed E-state index contributed by atoms with van der Waals surface area (Å²) in [5.74, 6) is 6.33. The summed E-state index contributed by atoms with van der Waals surface area (Å²) in [4.78, 5) is 14.7. The number of aliphatic hydroxyl groups excluding tert-OH is 1. The summed E-state index contributed by atoms with van der Waals surface area (Å²) in [6.45, 7) is 9.70. The molecule has 0 heterocycles. The summed E-state index contributed by atoms with van der Waals surface area (Å²) >= 11 is 0. The van der Waals surface area contributed by atoms with Crippen LogP contribution in [-0.2, 0) is 0 Å². The van der Waals surface area contributed by atoms with Gasteiger partial charge in [-0.25, -0.2) is 0 Å². The minimum absolute atomic E-state index is 0.0141. The number of aliphatic hydroxyl groups is 1. The van der Waals surface area contributed by atoms with Gasteiger partial charge in [-0.05, 0) is 24.0 Å². The van der Waals surface area contributed by atoms with Gasteiger partial charge in [0.15, 0.2) is 0 Å². The average molecular weight is 287 g/mol. The van der Waals surface area contributed by atoms with Crippen LogP contribution in [0.15, 0.2) is 24.3 Å². The molecule has 0 spiro atoms. The van der Waals surface area contributed by atoms with E-state index in [1.165, 1.54) is 0 Å². The molecule has 1 aromatic carbocycles. The third-order valence-electron chi connectivity index (χ3n) is 2.92. The molecule has 0 atom stereocenters. The maximum Gasteiger partial charge on any atom is 0.255 e. The van der Waals surface area contributed by atoms with Crippen LogP contribution in [0, 0.1) is 23.7 Å². The number of carbonyl (C=O) groups is 1. The zero-order valence-electron chi connectivity index (χ0n) is 13.4. The van der Waals surface area contributed by atoms with Crippen molar-refractivity contribution < 1.29 is 9.90 Å². The van der Waals surface area contributed by atoms with E-state index >= 15 is 0 Å². The van der Waals surface area contributed by atoms with Crippen LogP contribution in [0.2, 0.25) is 0 Å². The molecule has 1 aromatic rings. The minimum atomic E-state index is -0.204. The van der Waals surface area contributed by atoms with Gasteiger partial charge in [-0.15, -0.1) is 0 Å². The van der Waals surface area contributed by atoms with Crippen molar-refractivity contribution in [3.8, 4) is 11.8 Å². The Bertz CT molecular complexity index is 514. The number of hydrogen-bond donors (Lipinski definition) is 1. The van der Waals surface area contributed by atoms with Crippen molar-refractivity contribution in [2.45, 2.75) is 27.7 Å². The van der Waals surface area contributed by atoms with Crippen molar-refractivity contribution in [1.29, 1.82) is 0 Å². The fourth-order valence-corrected chi connectivity index (χ4v) is 2.21. The van der Waals surface area contributed by atoms with Crippen molar-refractivity contribution in [3.05, 3.63) is 35.4 Å². The first-order chi connectivity index (χ1) is 9.95. The first kappa shape index (κ1) is 17.3.